The molecule has 1 saturated heterocycles. The molecule has 1 atom stereocenters. The summed E-state index contributed by atoms with van der Waals surface area (Å²) in [5.74, 6) is 0.347. The van der Waals surface area contributed by atoms with Gasteiger partial charge in [-0.15, -0.1) is 0 Å². The number of nitrogens with zero attached hydrogens (tertiary/aromatic N) is 2. The van der Waals surface area contributed by atoms with Crippen molar-refractivity contribution in [3.63, 3.8) is 0 Å². The van der Waals surface area contributed by atoms with Crippen LogP contribution in [0, 0.1) is 13.8 Å². The third-order valence-corrected chi connectivity index (χ3v) is 5.43. The van der Waals surface area contributed by atoms with E-state index in [2.05, 4.69) is 48.8 Å². The lowest BCUT2D eigenvalue weighted by molar-refractivity contribution is 0.188. The maximum absolute atomic E-state index is 9.38. The van der Waals surface area contributed by atoms with Crippen molar-refractivity contribution < 1.29 is 5.11 Å². The fourth-order valence-corrected chi connectivity index (χ4v) is 3.68. The number of anilines is 1. The van der Waals surface area contributed by atoms with E-state index in [1.54, 1.807) is 12.1 Å². The number of rotatable bonds is 5. The molecular weight excluding hydrogens is 308 g/mol. The van der Waals surface area contributed by atoms with Crippen LogP contribution < -0.4 is 4.90 Å². The Hall–Kier alpha value is -2.00. The lowest BCUT2D eigenvalue weighted by Crippen LogP contribution is -2.49. The zero-order chi connectivity index (χ0) is 17.8. The fraction of sp³-hybridized carbons (Fsp3) is 0.455. The smallest absolute Gasteiger partial charge is 0.115 e. The molecule has 1 N–H and O–H groups in total. The molecule has 3 nitrogen and oxygen atoms in total. The summed E-state index contributed by atoms with van der Waals surface area (Å²) in [5.41, 5.74) is 5.42. The molecule has 1 heterocycles. The van der Waals surface area contributed by atoms with Gasteiger partial charge in [0.25, 0.3) is 0 Å². The van der Waals surface area contributed by atoms with Gasteiger partial charge in [0.1, 0.15) is 5.75 Å². The number of hydrogen-bond acceptors (Lipinski definition) is 3. The van der Waals surface area contributed by atoms with Crippen molar-refractivity contribution in [3.8, 4) is 5.75 Å². The standard InChI is InChI=1S/C22H30N2O/c1-17-4-5-18(2)22(16-17)24-14-12-23(13-15-24)19(3)6-7-20-8-10-21(25)11-9-20/h4-5,8-11,16,19,25H,6-7,12-15H2,1-3H3/t19-/m1/s1. The van der Waals surface area contributed by atoms with Crippen molar-refractivity contribution >= 4 is 5.69 Å². The van der Waals surface area contributed by atoms with Crippen LogP contribution in [0.3, 0.4) is 0 Å². The average molecular weight is 338 g/mol. The quantitative estimate of drug-likeness (QED) is 0.887. The largest absolute Gasteiger partial charge is 0.508 e. The minimum absolute atomic E-state index is 0.347. The normalized spacial score (nSPS) is 16.8. The number of aromatic hydroxyl groups is 1. The van der Waals surface area contributed by atoms with Crippen molar-refractivity contribution in [2.75, 3.05) is 31.1 Å². The summed E-state index contributed by atoms with van der Waals surface area (Å²) in [5, 5.41) is 9.38. The van der Waals surface area contributed by atoms with E-state index in [9.17, 15) is 5.11 Å². The van der Waals surface area contributed by atoms with Crippen LogP contribution in [-0.4, -0.2) is 42.2 Å². The molecular formula is C22H30N2O. The molecule has 0 aliphatic carbocycles. The molecule has 3 rings (SSSR count). The van der Waals surface area contributed by atoms with Crippen molar-refractivity contribution in [2.45, 2.75) is 39.7 Å². The van der Waals surface area contributed by atoms with Crippen LogP contribution in [0.2, 0.25) is 0 Å². The highest BCUT2D eigenvalue weighted by Crippen LogP contribution is 2.24. The Balaban J connectivity index is 1.51. The van der Waals surface area contributed by atoms with E-state index in [4.69, 9.17) is 0 Å². The molecule has 0 bridgehead atoms. The summed E-state index contributed by atoms with van der Waals surface area (Å²) in [4.78, 5) is 5.15. The summed E-state index contributed by atoms with van der Waals surface area (Å²) in [7, 11) is 0. The predicted molar refractivity (Wildman–Crippen MR) is 106 cm³/mol. The van der Waals surface area contributed by atoms with Gasteiger partial charge < -0.3 is 10.0 Å². The number of benzene rings is 2. The molecule has 3 heteroatoms. The molecule has 0 amide bonds. The van der Waals surface area contributed by atoms with Gasteiger partial charge in [-0.05, 0) is 68.5 Å². The Bertz CT molecular complexity index is 688. The Morgan fingerprint density at radius 2 is 1.64 bits per heavy atom. The first-order chi connectivity index (χ1) is 12.0. The van der Waals surface area contributed by atoms with Gasteiger partial charge in [0.15, 0.2) is 0 Å². The van der Waals surface area contributed by atoms with Crippen molar-refractivity contribution in [1.29, 1.82) is 0 Å². The van der Waals surface area contributed by atoms with E-state index in [1.165, 1.54) is 22.4 Å². The van der Waals surface area contributed by atoms with Crippen LogP contribution in [0.5, 0.6) is 5.75 Å². The average Bonchev–Trinajstić information content (AvgIpc) is 2.63. The van der Waals surface area contributed by atoms with E-state index in [0.717, 1.165) is 39.0 Å². The second-order valence-corrected chi connectivity index (χ2v) is 7.37. The highest BCUT2D eigenvalue weighted by molar-refractivity contribution is 5.55. The zero-order valence-corrected chi connectivity index (χ0v) is 15.7. The lowest BCUT2D eigenvalue weighted by atomic mass is 10.0. The van der Waals surface area contributed by atoms with Crippen LogP contribution in [0.1, 0.15) is 30.0 Å². The fourth-order valence-electron chi connectivity index (χ4n) is 3.68. The van der Waals surface area contributed by atoms with E-state index < -0.39 is 0 Å². The van der Waals surface area contributed by atoms with Gasteiger partial charge in [0.2, 0.25) is 0 Å². The Morgan fingerprint density at radius 3 is 2.32 bits per heavy atom. The molecule has 1 aliphatic heterocycles. The Kier molecular flexibility index (Phi) is 5.64. The third kappa shape index (κ3) is 4.55. The van der Waals surface area contributed by atoms with Crippen LogP contribution in [0.15, 0.2) is 42.5 Å². The second-order valence-electron chi connectivity index (χ2n) is 7.37. The van der Waals surface area contributed by atoms with Gasteiger partial charge >= 0.3 is 0 Å². The lowest BCUT2D eigenvalue weighted by Gasteiger charge is -2.39. The maximum atomic E-state index is 9.38. The maximum Gasteiger partial charge on any atom is 0.115 e. The topological polar surface area (TPSA) is 26.7 Å². The number of phenolic OH excluding ortho intramolecular Hbond substituents is 1. The summed E-state index contributed by atoms with van der Waals surface area (Å²) in [6.45, 7) is 11.2. The van der Waals surface area contributed by atoms with Gasteiger partial charge in [0.05, 0.1) is 0 Å². The molecule has 0 spiro atoms. The SMILES string of the molecule is Cc1ccc(C)c(N2CCN([C@H](C)CCc3ccc(O)cc3)CC2)c1. The van der Waals surface area contributed by atoms with Gasteiger partial charge in [-0.1, -0.05) is 24.3 Å². The molecule has 0 saturated carbocycles. The predicted octanol–water partition coefficient (Wildman–Crippen LogP) is 4.15. The number of aryl methyl sites for hydroxylation is 3. The monoisotopic (exact) mass is 338 g/mol. The molecule has 25 heavy (non-hydrogen) atoms. The van der Waals surface area contributed by atoms with Crippen molar-refractivity contribution in [2.24, 2.45) is 0 Å². The molecule has 0 unspecified atom stereocenters. The highest BCUT2D eigenvalue weighted by atomic mass is 16.3. The van der Waals surface area contributed by atoms with Gasteiger partial charge in [0, 0.05) is 37.9 Å². The summed E-state index contributed by atoms with van der Waals surface area (Å²) < 4.78 is 0. The molecule has 1 aliphatic rings. The first-order valence-electron chi connectivity index (χ1n) is 9.37. The van der Waals surface area contributed by atoms with Crippen LogP contribution in [0.25, 0.3) is 0 Å². The minimum Gasteiger partial charge on any atom is -0.508 e. The van der Waals surface area contributed by atoms with Crippen LogP contribution in [-0.2, 0) is 6.42 Å². The van der Waals surface area contributed by atoms with Gasteiger partial charge in [-0.2, -0.15) is 0 Å². The summed E-state index contributed by atoms with van der Waals surface area (Å²) in [6.07, 6.45) is 2.23. The second kappa shape index (κ2) is 7.92. The first kappa shape index (κ1) is 17.8. The van der Waals surface area contributed by atoms with Gasteiger partial charge in [-0.25, -0.2) is 0 Å². The molecule has 1 fully saturated rings. The Labute approximate surface area is 151 Å². The summed E-state index contributed by atoms with van der Waals surface area (Å²) in [6, 6.07) is 15.0. The van der Waals surface area contributed by atoms with E-state index in [-0.39, 0.29) is 0 Å². The number of phenols is 1. The zero-order valence-electron chi connectivity index (χ0n) is 15.7. The van der Waals surface area contributed by atoms with E-state index in [1.807, 2.05) is 12.1 Å². The minimum atomic E-state index is 0.347. The summed E-state index contributed by atoms with van der Waals surface area (Å²) >= 11 is 0. The molecule has 2 aromatic carbocycles. The van der Waals surface area contributed by atoms with Crippen LogP contribution in [0.4, 0.5) is 5.69 Å². The van der Waals surface area contributed by atoms with Gasteiger partial charge in [-0.3, -0.25) is 4.90 Å². The first-order valence-corrected chi connectivity index (χ1v) is 9.37. The highest BCUT2D eigenvalue weighted by Gasteiger charge is 2.22. The molecule has 2 aromatic rings. The number of piperazine rings is 1. The van der Waals surface area contributed by atoms with Crippen molar-refractivity contribution in [1.82, 2.24) is 4.90 Å². The van der Waals surface area contributed by atoms with E-state index in [0.29, 0.717) is 11.8 Å². The van der Waals surface area contributed by atoms with E-state index >= 15 is 0 Å². The Morgan fingerprint density at radius 1 is 0.960 bits per heavy atom. The molecule has 0 aromatic heterocycles. The molecule has 134 valence electrons. The molecule has 0 radical (unpaired) electrons. The number of hydrogen-bond donors (Lipinski definition) is 1. The van der Waals surface area contributed by atoms with Crippen molar-refractivity contribution in [3.05, 3.63) is 59.2 Å². The van der Waals surface area contributed by atoms with Crippen LogP contribution >= 0.6 is 0 Å². The third-order valence-electron chi connectivity index (χ3n) is 5.43.